The molecule has 0 atom stereocenters. The number of nitrogens with zero attached hydrogens (tertiary/aromatic N) is 5. The smallest absolute Gasteiger partial charge is 0.136 e. The van der Waals surface area contributed by atoms with Gasteiger partial charge in [-0.3, -0.25) is 19.5 Å². The predicted molar refractivity (Wildman–Crippen MR) is 124 cm³/mol. The maximum atomic E-state index is 6.32. The third kappa shape index (κ3) is 4.71. The maximum Gasteiger partial charge on any atom is 0.136 e. The molecule has 1 saturated heterocycles. The van der Waals surface area contributed by atoms with Crippen LogP contribution in [0.1, 0.15) is 5.69 Å². The minimum Gasteiger partial charge on any atom is -0.383 e. The van der Waals surface area contributed by atoms with E-state index in [1.807, 2.05) is 49.4 Å². The molecule has 2 N–H and O–H groups in total. The van der Waals surface area contributed by atoms with Crippen LogP contribution in [0.25, 0.3) is 22.0 Å². The van der Waals surface area contributed by atoms with Gasteiger partial charge in [0.1, 0.15) is 5.82 Å². The molecule has 150 valence electrons. The number of para-hydroxylation sites is 1. The van der Waals surface area contributed by atoms with Crippen LogP contribution >= 0.6 is 27.7 Å². The summed E-state index contributed by atoms with van der Waals surface area (Å²) in [7, 11) is 1.84. The summed E-state index contributed by atoms with van der Waals surface area (Å²) < 4.78 is 2.45. The van der Waals surface area contributed by atoms with Crippen LogP contribution < -0.4 is 5.73 Å². The fraction of sp³-hybridized carbons (Fsp3) is 0.286. The predicted octanol–water partition coefficient (Wildman–Crippen LogP) is 4.05. The molecule has 1 aliphatic heterocycles. The van der Waals surface area contributed by atoms with Gasteiger partial charge in [0.25, 0.3) is 0 Å². The quantitative estimate of drug-likeness (QED) is 0.622. The van der Waals surface area contributed by atoms with Crippen LogP contribution in [-0.4, -0.2) is 49.2 Å². The average molecular weight is 471 g/mol. The first-order valence-electron chi connectivity index (χ1n) is 9.47. The number of aryl methyl sites for hydroxylation is 1. The van der Waals surface area contributed by atoms with E-state index in [2.05, 4.69) is 43.0 Å². The van der Waals surface area contributed by atoms with Crippen molar-refractivity contribution in [1.29, 1.82) is 0 Å². The normalized spacial score (nSPS) is 14.7. The lowest BCUT2D eigenvalue weighted by Crippen LogP contribution is -2.32. The molecule has 0 amide bonds. The summed E-state index contributed by atoms with van der Waals surface area (Å²) in [5.41, 5.74) is 10.0. The number of nitrogen functional groups attached to an aromatic ring is 1. The third-order valence-electron chi connectivity index (χ3n) is 4.96. The minimum atomic E-state index is 0.540. The zero-order chi connectivity index (χ0) is 20.2. The van der Waals surface area contributed by atoms with E-state index in [0.29, 0.717) is 5.82 Å². The summed E-state index contributed by atoms with van der Waals surface area (Å²) in [6.07, 6.45) is 5.50. The number of nitrogens with two attached hydrogens (primary N) is 1. The van der Waals surface area contributed by atoms with E-state index in [0.717, 1.165) is 63.3 Å². The fourth-order valence-corrected chi connectivity index (χ4v) is 4.66. The van der Waals surface area contributed by atoms with Gasteiger partial charge in [0.2, 0.25) is 0 Å². The van der Waals surface area contributed by atoms with E-state index >= 15 is 0 Å². The zero-order valence-corrected chi connectivity index (χ0v) is 18.7. The second-order valence-electron chi connectivity index (χ2n) is 6.93. The van der Waals surface area contributed by atoms with Gasteiger partial charge in [-0.25, -0.2) is 0 Å². The van der Waals surface area contributed by atoms with Gasteiger partial charge in [0, 0.05) is 67.1 Å². The molecule has 8 heteroatoms. The van der Waals surface area contributed by atoms with Crippen molar-refractivity contribution in [2.45, 2.75) is 6.54 Å². The number of rotatable bonds is 3. The number of fused-ring (bicyclic) bond motifs is 1. The summed E-state index contributed by atoms with van der Waals surface area (Å²) in [5.74, 6) is 2.84. The van der Waals surface area contributed by atoms with E-state index < -0.39 is 0 Å². The van der Waals surface area contributed by atoms with Gasteiger partial charge in [0.15, 0.2) is 0 Å². The minimum absolute atomic E-state index is 0.540. The van der Waals surface area contributed by atoms with Crippen molar-refractivity contribution >= 4 is 44.4 Å². The van der Waals surface area contributed by atoms with Crippen LogP contribution in [0.3, 0.4) is 0 Å². The zero-order valence-electron chi connectivity index (χ0n) is 16.3. The Hall–Kier alpha value is -2.16. The van der Waals surface area contributed by atoms with Gasteiger partial charge in [-0.2, -0.15) is 16.9 Å². The summed E-state index contributed by atoms with van der Waals surface area (Å²) >= 11 is 5.64. The van der Waals surface area contributed by atoms with Gasteiger partial charge in [-0.15, -0.1) is 0 Å². The molecule has 1 aromatic carbocycles. The molecule has 0 spiro atoms. The number of hydrogen-bond acceptors (Lipinski definition) is 6. The Labute approximate surface area is 183 Å². The Bertz CT molecular complexity index is 1080. The number of anilines is 1. The second kappa shape index (κ2) is 9.11. The molecule has 1 fully saturated rings. The molecule has 0 aliphatic carbocycles. The molecular weight excluding hydrogens is 448 g/mol. The van der Waals surface area contributed by atoms with Crippen molar-refractivity contribution in [3.05, 3.63) is 59.1 Å². The maximum absolute atomic E-state index is 6.32. The first-order valence-corrected chi connectivity index (χ1v) is 11.4. The molecule has 0 saturated carbocycles. The average Bonchev–Trinajstić information content (AvgIpc) is 2.81. The van der Waals surface area contributed by atoms with Crippen molar-refractivity contribution < 1.29 is 0 Å². The van der Waals surface area contributed by atoms with Crippen LogP contribution in [0.2, 0.25) is 0 Å². The lowest BCUT2D eigenvalue weighted by molar-refractivity contribution is 0.290. The lowest BCUT2D eigenvalue weighted by Gasteiger charge is -2.25. The standard InChI is InChI=1S/C21H23BrN6S/c1-27-21(23)20(22)19(14-28-6-8-29-9-7-28)25-12-17(13-26-27)16-10-15-4-2-3-5-18(15)24-11-16/h2-5,10-13H,6-9,14,23H2,1H3. The number of halogens is 1. The van der Waals surface area contributed by atoms with E-state index in [4.69, 9.17) is 10.7 Å². The third-order valence-corrected chi connectivity index (χ3v) is 6.76. The monoisotopic (exact) mass is 470 g/mol. The van der Waals surface area contributed by atoms with Gasteiger partial charge < -0.3 is 5.73 Å². The molecule has 3 aromatic rings. The number of benzene rings is 1. The molecule has 29 heavy (non-hydrogen) atoms. The first kappa shape index (κ1) is 20.1. The highest BCUT2D eigenvalue weighted by molar-refractivity contribution is 9.10. The van der Waals surface area contributed by atoms with E-state index in [9.17, 15) is 0 Å². The largest absolute Gasteiger partial charge is 0.383 e. The molecule has 1 aliphatic rings. The van der Waals surface area contributed by atoms with Crippen LogP contribution in [0.4, 0.5) is 5.82 Å². The summed E-state index contributed by atoms with van der Waals surface area (Å²) in [5, 5.41) is 5.59. The molecule has 0 unspecified atom stereocenters. The number of thioether (sulfide) groups is 1. The van der Waals surface area contributed by atoms with E-state index in [-0.39, 0.29) is 0 Å². The molecular formula is C21H23BrN6S. The molecule has 0 radical (unpaired) electrons. The molecule has 3 heterocycles. The number of aromatic nitrogens is 4. The van der Waals surface area contributed by atoms with Crippen molar-refractivity contribution in [2.75, 3.05) is 30.3 Å². The van der Waals surface area contributed by atoms with Gasteiger partial charge in [-0.05, 0) is 28.1 Å². The Morgan fingerprint density at radius 3 is 2.66 bits per heavy atom. The fourth-order valence-electron chi connectivity index (χ4n) is 3.20. The topological polar surface area (TPSA) is 72.9 Å². The lowest BCUT2D eigenvalue weighted by atomic mass is 10.1. The highest BCUT2D eigenvalue weighted by Gasteiger charge is 2.14. The van der Waals surface area contributed by atoms with Crippen molar-refractivity contribution in [3.63, 3.8) is 0 Å². The van der Waals surface area contributed by atoms with Gasteiger partial charge >= 0.3 is 0 Å². The first-order chi connectivity index (χ1) is 14.1. The van der Waals surface area contributed by atoms with Gasteiger partial charge in [-0.1, -0.05) is 18.2 Å². The Balaban J connectivity index is 1.80. The van der Waals surface area contributed by atoms with Crippen LogP contribution in [-0.2, 0) is 13.6 Å². The van der Waals surface area contributed by atoms with Crippen LogP contribution in [0.15, 0.2) is 53.4 Å². The van der Waals surface area contributed by atoms with Crippen LogP contribution in [0, 0.1) is 0 Å². The molecule has 4 rings (SSSR count). The van der Waals surface area contributed by atoms with E-state index in [1.54, 1.807) is 10.9 Å². The van der Waals surface area contributed by atoms with Crippen molar-refractivity contribution in [2.24, 2.45) is 7.05 Å². The highest BCUT2D eigenvalue weighted by atomic mass is 79.9. The van der Waals surface area contributed by atoms with Crippen molar-refractivity contribution in [3.8, 4) is 11.1 Å². The highest BCUT2D eigenvalue weighted by Crippen LogP contribution is 2.24. The Morgan fingerprint density at radius 2 is 1.83 bits per heavy atom. The number of hydrogen-bond donors (Lipinski definition) is 1. The summed E-state index contributed by atoms with van der Waals surface area (Å²) in [6, 6.07) is 10.2. The Morgan fingerprint density at radius 1 is 1.07 bits per heavy atom. The van der Waals surface area contributed by atoms with E-state index in [1.165, 1.54) is 0 Å². The summed E-state index contributed by atoms with van der Waals surface area (Å²) in [4.78, 5) is 11.8. The number of pyridine rings is 1. The SMILES string of the molecule is Cn1ncc(-c2cnc3ccccc3c2)cnc(CN2CCSCC2)c(Br)c1N. The summed E-state index contributed by atoms with van der Waals surface area (Å²) in [6.45, 7) is 2.86. The molecule has 0 bridgehead atoms. The second-order valence-corrected chi connectivity index (χ2v) is 8.95. The van der Waals surface area contributed by atoms with Gasteiger partial charge in [0.05, 0.1) is 21.9 Å². The Kier molecular flexibility index (Phi) is 6.32. The molecule has 6 nitrogen and oxygen atoms in total. The van der Waals surface area contributed by atoms with Crippen molar-refractivity contribution in [1.82, 2.24) is 24.6 Å². The van der Waals surface area contributed by atoms with Crippen LogP contribution in [0.5, 0.6) is 0 Å². The molecule has 2 aromatic heterocycles.